The maximum atomic E-state index is 13.8. The van der Waals surface area contributed by atoms with E-state index in [1.165, 1.54) is 11.9 Å². The first-order chi connectivity index (χ1) is 9.52. The minimum absolute atomic E-state index is 0.136. The van der Waals surface area contributed by atoms with Crippen LogP contribution in [-0.2, 0) is 9.05 Å². The largest absolute Gasteiger partial charge is 0.339 e. The van der Waals surface area contributed by atoms with E-state index in [0.717, 1.165) is 6.07 Å². The number of hydrogen-bond acceptors (Lipinski definition) is 3. The predicted octanol–water partition coefficient (Wildman–Crippen LogP) is 3.93. The Labute approximate surface area is 137 Å². The number of nitrogens with zero attached hydrogens (tertiary/aromatic N) is 1. The molecule has 9 heteroatoms. The highest BCUT2D eigenvalue weighted by Crippen LogP contribution is 2.37. The van der Waals surface area contributed by atoms with E-state index in [-0.39, 0.29) is 11.6 Å². The third-order valence-corrected chi connectivity index (χ3v) is 5.51. The summed E-state index contributed by atoms with van der Waals surface area (Å²) >= 11 is 11.5. The van der Waals surface area contributed by atoms with Crippen LogP contribution in [0.3, 0.4) is 0 Å². The summed E-state index contributed by atoms with van der Waals surface area (Å²) in [5, 5.41) is -1.23. The lowest BCUT2D eigenvalue weighted by atomic mass is 10.1. The number of carbonyl (C=O) groups is 1. The van der Waals surface area contributed by atoms with Gasteiger partial charge in [-0.2, -0.15) is 0 Å². The Morgan fingerprint density at radius 2 is 1.90 bits per heavy atom. The Hall–Kier alpha value is -0.560. The van der Waals surface area contributed by atoms with Crippen molar-refractivity contribution in [2.24, 2.45) is 0 Å². The monoisotopic (exact) mass is 375 g/mol. The fourth-order valence-electron chi connectivity index (χ4n) is 1.61. The number of rotatable bonds is 4. The van der Waals surface area contributed by atoms with Gasteiger partial charge in [-0.25, -0.2) is 12.8 Å². The van der Waals surface area contributed by atoms with Crippen LogP contribution in [0.2, 0.25) is 10.0 Å². The molecule has 0 heterocycles. The molecule has 0 aromatic heterocycles. The van der Waals surface area contributed by atoms with Gasteiger partial charge in [0.05, 0.1) is 15.6 Å². The molecule has 21 heavy (non-hydrogen) atoms. The first-order valence-corrected chi connectivity index (χ1v) is 8.98. The van der Waals surface area contributed by atoms with Gasteiger partial charge in [0.25, 0.3) is 15.0 Å². The van der Waals surface area contributed by atoms with Crippen molar-refractivity contribution < 1.29 is 17.6 Å². The lowest BCUT2D eigenvalue weighted by molar-refractivity contribution is 0.0740. The maximum absolute atomic E-state index is 13.8. The Bertz CT molecular complexity index is 679. The van der Waals surface area contributed by atoms with Crippen LogP contribution in [0.25, 0.3) is 0 Å². The van der Waals surface area contributed by atoms with Crippen LogP contribution >= 0.6 is 33.9 Å². The summed E-state index contributed by atoms with van der Waals surface area (Å²) in [6.07, 6.45) is 0.663. The van der Waals surface area contributed by atoms with Gasteiger partial charge in [-0.15, -0.1) is 0 Å². The molecule has 0 radical (unpaired) electrons. The highest BCUT2D eigenvalue weighted by molar-refractivity contribution is 8.14. The van der Waals surface area contributed by atoms with Gasteiger partial charge in [-0.05, 0) is 19.4 Å². The minimum Gasteiger partial charge on any atom is -0.339 e. The third kappa shape index (κ3) is 3.80. The van der Waals surface area contributed by atoms with Crippen molar-refractivity contribution in [2.45, 2.75) is 31.2 Å². The van der Waals surface area contributed by atoms with Gasteiger partial charge in [-0.1, -0.05) is 30.1 Å². The van der Waals surface area contributed by atoms with Crippen LogP contribution < -0.4 is 0 Å². The second kappa shape index (κ2) is 6.69. The molecule has 1 rings (SSSR count). The van der Waals surface area contributed by atoms with E-state index < -0.39 is 35.7 Å². The number of amides is 1. The van der Waals surface area contributed by atoms with Crippen LogP contribution in [0.1, 0.15) is 30.6 Å². The highest BCUT2D eigenvalue weighted by atomic mass is 35.7. The summed E-state index contributed by atoms with van der Waals surface area (Å²) in [7, 11) is 2.31. The van der Waals surface area contributed by atoms with Crippen molar-refractivity contribution in [1.82, 2.24) is 4.90 Å². The smallest absolute Gasteiger partial charge is 0.264 e. The van der Waals surface area contributed by atoms with Crippen LogP contribution in [-0.4, -0.2) is 32.3 Å². The van der Waals surface area contributed by atoms with Gasteiger partial charge < -0.3 is 4.90 Å². The van der Waals surface area contributed by atoms with E-state index in [0.29, 0.717) is 6.42 Å². The Morgan fingerprint density at radius 1 is 1.38 bits per heavy atom. The van der Waals surface area contributed by atoms with Gasteiger partial charge in [0.15, 0.2) is 0 Å². The first-order valence-electron chi connectivity index (χ1n) is 5.91. The molecular formula is C12H13Cl3FNO3S. The number of halogens is 4. The lowest BCUT2D eigenvalue weighted by Gasteiger charge is -2.24. The van der Waals surface area contributed by atoms with Crippen molar-refractivity contribution in [3.05, 3.63) is 27.5 Å². The van der Waals surface area contributed by atoms with Gasteiger partial charge in [0, 0.05) is 23.8 Å². The normalized spacial score (nSPS) is 13.1. The molecule has 1 unspecified atom stereocenters. The third-order valence-electron chi connectivity index (χ3n) is 3.16. The van der Waals surface area contributed by atoms with Gasteiger partial charge >= 0.3 is 0 Å². The van der Waals surface area contributed by atoms with Crippen LogP contribution in [0.5, 0.6) is 0 Å². The molecule has 1 aromatic rings. The van der Waals surface area contributed by atoms with Crippen molar-refractivity contribution in [1.29, 1.82) is 0 Å². The molecule has 1 atom stereocenters. The highest BCUT2D eigenvalue weighted by Gasteiger charge is 2.29. The predicted molar refractivity (Wildman–Crippen MR) is 81.3 cm³/mol. The van der Waals surface area contributed by atoms with Crippen LogP contribution in [0, 0.1) is 5.82 Å². The second-order valence-corrected chi connectivity index (χ2v) is 7.73. The zero-order chi connectivity index (χ0) is 16.5. The first kappa shape index (κ1) is 18.5. The zero-order valence-corrected chi connectivity index (χ0v) is 14.5. The van der Waals surface area contributed by atoms with E-state index in [4.69, 9.17) is 33.9 Å². The van der Waals surface area contributed by atoms with Gasteiger partial charge in [0.1, 0.15) is 10.7 Å². The quantitative estimate of drug-likeness (QED) is 0.591. The average Bonchev–Trinajstić information content (AvgIpc) is 2.38. The van der Waals surface area contributed by atoms with E-state index in [9.17, 15) is 17.6 Å². The number of carbonyl (C=O) groups excluding carboxylic acids is 1. The fraction of sp³-hybridized carbons (Fsp3) is 0.417. The summed E-state index contributed by atoms with van der Waals surface area (Å²) in [6, 6.07) is 0.667. The summed E-state index contributed by atoms with van der Waals surface area (Å²) < 4.78 is 36.7. The van der Waals surface area contributed by atoms with E-state index in [1.807, 2.05) is 6.92 Å². The standard InChI is InChI=1S/C12H13Cl3FNO3S/c1-4-6(2)17(3)12(18)7-5-8(16)10(14)11(9(7)13)21(15,19)20/h5-6H,4H2,1-3H3. The molecule has 0 N–H and O–H groups in total. The number of benzene rings is 1. The van der Waals surface area contributed by atoms with Crippen molar-refractivity contribution in [3.63, 3.8) is 0 Å². The molecule has 0 aliphatic rings. The lowest BCUT2D eigenvalue weighted by Crippen LogP contribution is -2.35. The minimum atomic E-state index is -4.40. The fourth-order valence-corrected chi connectivity index (χ4v) is 3.99. The summed E-state index contributed by atoms with van der Waals surface area (Å²) in [5.74, 6) is -1.70. The molecule has 4 nitrogen and oxygen atoms in total. The zero-order valence-electron chi connectivity index (χ0n) is 11.5. The van der Waals surface area contributed by atoms with Crippen molar-refractivity contribution in [2.75, 3.05) is 7.05 Å². The van der Waals surface area contributed by atoms with Crippen LogP contribution in [0.4, 0.5) is 4.39 Å². The maximum Gasteiger partial charge on any atom is 0.264 e. The van der Waals surface area contributed by atoms with E-state index in [2.05, 4.69) is 0 Å². The second-order valence-electron chi connectivity index (χ2n) is 4.47. The van der Waals surface area contributed by atoms with E-state index in [1.54, 1.807) is 6.92 Å². The van der Waals surface area contributed by atoms with Gasteiger partial charge in [0.2, 0.25) is 0 Å². The molecule has 0 fully saturated rings. The van der Waals surface area contributed by atoms with Crippen molar-refractivity contribution >= 4 is 48.8 Å². The molecule has 0 aliphatic carbocycles. The van der Waals surface area contributed by atoms with Crippen LogP contribution in [0.15, 0.2) is 11.0 Å². The SMILES string of the molecule is CCC(C)N(C)C(=O)c1cc(F)c(Cl)c(S(=O)(=O)Cl)c1Cl. The topological polar surface area (TPSA) is 54.5 Å². The summed E-state index contributed by atoms with van der Waals surface area (Å²) in [5.41, 5.74) is -0.305. The molecule has 0 spiro atoms. The number of hydrogen-bond donors (Lipinski definition) is 0. The Balaban J connectivity index is 3.54. The summed E-state index contributed by atoms with van der Waals surface area (Å²) in [6.45, 7) is 3.66. The Morgan fingerprint density at radius 3 is 2.33 bits per heavy atom. The molecule has 0 saturated heterocycles. The Kier molecular flexibility index (Phi) is 5.89. The molecule has 1 amide bonds. The molecular weight excluding hydrogens is 364 g/mol. The molecule has 0 aliphatic heterocycles. The van der Waals surface area contributed by atoms with E-state index >= 15 is 0 Å². The summed E-state index contributed by atoms with van der Waals surface area (Å²) in [4.78, 5) is 12.8. The molecule has 0 saturated carbocycles. The molecule has 1 aromatic carbocycles. The molecule has 0 bridgehead atoms. The van der Waals surface area contributed by atoms with Gasteiger partial charge in [-0.3, -0.25) is 4.79 Å². The van der Waals surface area contributed by atoms with Crippen molar-refractivity contribution in [3.8, 4) is 0 Å². The average molecular weight is 377 g/mol. The molecule has 118 valence electrons.